The summed E-state index contributed by atoms with van der Waals surface area (Å²) in [5.74, 6) is -0.924. The Morgan fingerprint density at radius 3 is 0.851 bits per heavy atom. The van der Waals surface area contributed by atoms with Crippen LogP contribution in [0.5, 0.6) is 0 Å². The number of carbonyl (C=O) groups is 3. The van der Waals surface area contributed by atoms with Gasteiger partial charge in [-0.2, -0.15) is 0 Å². The highest BCUT2D eigenvalue weighted by molar-refractivity contribution is 5.71. The Kier molecular flexibility index (Phi) is 59.3. The molecule has 0 saturated heterocycles. The number of rotatable bonds is 57. The first-order valence-electron chi connectivity index (χ1n) is 31.6. The first-order chi connectivity index (χ1) is 36.5. The van der Waals surface area contributed by atoms with Gasteiger partial charge in [0.05, 0.1) is 0 Å². The minimum atomic E-state index is -0.795. The SMILES string of the molecule is CC/C=C\C/C=C\C/C=C\C/C=C\CCCCC(=O)OCC(COC(=O)CCCCCCCCCCCC/C=C\C/C=C\C/C=C\CCCCCCC)OC(=O)CCCCCCCCCCCCCCCCCC. The van der Waals surface area contributed by atoms with Gasteiger partial charge in [0.15, 0.2) is 6.10 Å². The second kappa shape index (κ2) is 62.1. The van der Waals surface area contributed by atoms with Gasteiger partial charge in [0.2, 0.25) is 0 Å². The topological polar surface area (TPSA) is 78.9 Å². The standard InChI is InChI=1S/C68H118O6/c1-4-7-10-13-16-19-22-25-28-30-31-32-33-34-35-36-37-38-41-43-46-49-52-55-58-61-67(70)73-64-65(63-72-66(69)60-57-54-51-48-45-42-39-27-24-21-18-15-12-9-6-3)74-68(71)62-59-56-53-50-47-44-40-29-26-23-20-17-14-11-8-5-2/h9,12,18,21-22,25,27,30-31,33-34,39,45,48,65H,4-8,10-11,13-17,19-20,23-24,26,28-29,32,35-38,40-44,46-47,49-64H2,1-3H3/b12-9-,21-18-,25-22-,31-30-,34-33-,39-27-,48-45-. The van der Waals surface area contributed by atoms with Gasteiger partial charge < -0.3 is 14.2 Å². The number of hydrogen-bond acceptors (Lipinski definition) is 6. The van der Waals surface area contributed by atoms with Crippen LogP contribution in [0.15, 0.2) is 85.1 Å². The van der Waals surface area contributed by atoms with E-state index in [1.54, 1.807) is 0 Å². The van der Waals surface area contributed by atoms with Crippen molar-refractivity contribution in [3.63, 3.8) is 0 Å². The monoisotopic (exact) mass is 1030 g/mol. The van der Waals surface area contributed by atoms with Crippen LogP contribution in [0.1, 0.15) is 310 Å². The van der Waals surface area contributed by atoms with Crippen molar-refractivity contribution in [1.82, 2.24) is 0 Å². The molecule has 0 radical (unpaired) electrons. The van der Waals surface area contributed by atoms with Crippen molar-refractivity contribution in [1.29, 1.82) is 0 Å². The molecule has 0 aromatic carbocycles. The quantitative estimate of drug-likeness (QED) is 0.0261. The van der Waals surface area contributed by atoms with Gasteiger partial charge in [0.25, 0.3) is 0 Å². The average molecular weight is 1030 g/mol. The Labute approximate surface area is 458 Å². The molecule has 1 atom stereocenters. The summed E-state index contributed by atoms with van der Waals surface area (Å²) in [6.07, 6.45) is 81.6. The van der Waals surface area contributed by atoms with Gasteiger partial charge in [-0.15, -0.1) is 0 Å². The zero-order valence-corrected chi connectivity index (χ0v) is 48.8. The Morgan fingerprint density at radius 1 is 0.284 bits per heavy atom. The number of unbranched alkanes of at least 4 members (excludes halogenated alkanes) is 32. The molecule has 1 unspecified atom stereocenters. The second-order valence-electron chi connectivity index (χ2n) is 20.9. The molecule has 0 aromatic rings. The van der Waals surface area contributed by atoms with E-state index in [0.29, 0.717) is 19.3 Å². The summed E-state index contributed by atoms with van der Waals surface area (Å²) in [4.78, 5) is 38.3. The lowest BCUT2D eigenvalue weighted by Gasteiger charge is -2.18. The molecule has 0 amide bonds. The Bertz CT molecular complexity index is 1420. The van der Waals surface area contributed by atoms with Crippen molar-refractivity contribution in [3.05, 3.63) is 85.1 Å². The van der Waals surface area contributed by atoms with E-state index in [1.165, 1.54) is 173 Å². The van der Waals surface area contributed by atoms with Crippen molar-refractivity contribution < 1.29 is 28.6 Å². The summed E-state index contributed by atoms with van der Waals surface area (Å²) in [5, 5.41) is 0. The van der Waals surface area contributed by atoms with E-state index in [9.17, 15) is 14.4 Å². The average Bonchev–Trinajstić information content (AvgIpc) is 3.40. The van der Waals surface area contributed by atoms with E-state index in [-0.39, 0.29) is 31.1 Å². The van der Waals surface area contributed by atoms with Crippen LogP contribution >= 0.6 is 0 Å². The van der Waals surface area contributed by atoms with Crippen LogP contribution in [0.3, 0.4) is 0 Å². The molecular formula is C68H118O6. The van der Waals surface area contributed by atoms with Crippen molar-refractivity contribution in [2.24, 2.45) is 0 Å². The fraction of sp³-hybridized carbons (Fsp3) is 0.750. The van der Waals surface area contributed by atoms with Crippen LogP contribution in [0, 0.1) is 0 Å². The number of carbonyl (C=O) groups excluding carboxylic acids is 3. The minimum Gasteiger partial charge on any atom is -0.462 e. The molecule has 0 N–H and O–H groups in total. The van der Waals surface area contributed by atoms with Gasteiger partial charge in [-0.1, -0.05) is 279 Å². The van der Waals surface area contributed by atoms with Crippen LogP contribution in [0.25, 0.3) is 0 Å². The van der Waals surface area contributed by atoms with Crippen LogP contribution in [-0.4, -0.2) is 37.2 Å². The van der Waals surface area contributed by atoms with Crippen LogP contribution in [0.2, 0.25) is 0 Å². The zero-order valence-electron chi connectivity index (χ0n) is 48.8. The summed E-state index contributed by atoms with van der Waals surface area (Å²) < 4.78 is 16.9. The van der Waals surface area contributed by atoms with Crippen molar-refractivity contribution >= 4 is 17.9 Å². The first-order valence-corrected chi connectivity index (χ1v) is 31.6. The molecule has 0 aliphatic heterocycles. The molecule has 0 spiro atoms. The number of hydrogen-bond donors (Lipinski definition) is 0. The molecule has 0 saturated carbocycles. The number of esters is 3. The first kappa shape index (κ1) is 70.6. The van der Waals surface area contributed by atoms with E-state index in [2.05, 4.69) is 106 Å². The highest BCUT2D eigenvalue weighted by Gasteiger charge is 2.19. The highest BCUT2D eigenvalue weighted by Crippen LogP contribution is 2.16. The summed E-state index contributed by atoms with van der Waals surface area (Å²) in [6.45, 7) is 6.51. The molecule has 0 aliphatic rings. The predicted octanol–water partition coefficient (Wildman–Crippen LogP) is 21.5. The third kappa shape index (κ3) is 59.5. The summed E-state index contributed by atoms with van der Waals surface area (Å²) in [6, 6.07) is 0. The van der Waals surface area contributed by atoms with Gasteiger partial charge in [-0.05, 0) is 96.3 Å². The predicted molar refractivity (Wildman–Crippen MR) is 321 cm³/mol. The summed E-state index contributed by atoms with van der Waals surface area (Å²) in [5.41, 5.74) is 0. The number of allylic oxidation sites excluding steroid dienone is 14. The molecule has 74 heavy (non-hydrogen) atoms. The van der Waals surface area contributed by atoms with Gasteiger partial charge in [0.1, 0.15) is 13.2 Å². The lowest BCUT2D eigenvalue weighted by atomic mass is 10.0. The number of ether oxygens (including phenoxy) is 3. The fourth-order valence-electron chi connectivity index (χ4n) is 8.91. The van der Waals surface area contributed by atoms with E-state index in [0.717, 1.165) is 96.3 Å². The van der Waals surface area contributed by atoms with Crippen LogP contribution in [0.4, 0.5) is 0 Å². The lowest BCUT2D eigenvalue weighted by molar-refractivity contribution is -0.167. The normalized spacial score (nSPS) is 12.6. The third-order valence-electron chi connectivity index (χ3n) is 13.6. The molecule has 0 aromatic heterocycles. The van der Waals surface area contributed by atoms with Crippen LogP contribution in [-0.2, 0) is 28.6 Å². The van der Waals surface area contributed by atoms with Crippen molar-refractivity contribution in [2.45, 2.75) is 316 Å². The Balaban J connectivity index is 4.35. The zero-order chi connectivity index (χ0) is 53.6. The van der Waals surface area contributed by atoms with Crippen molar-refractivity contribution in [2.75, 3.05) is 13.2 Å². The van der Waals surface area contributed by atoms with Gasteiger partial charge in [-0.25, -0.2) is 0 Å². The highest BCUT2D eigenvalue weighted by atomic mass is 16.6. The summed E-state index contributed by atoms with van der Waals surface area (Å²) >= 11 is 0. The molecule has 0 heterocycles. The molecule has 426 valence electrons. The fourth-order valence-corrected chi connectivity index (χ4v) is 8.91. The van der Waals surface area contributed by atoms with Gasteiger partial charge >= 0.3 is 17.9 Å². The van der Waals surface area contributed by atoms with E-state index in [4.69, 9.17) is 14.2 Å². The molecular weight excluding hydrogens is 913 g/mol. The molecule has 0 fully saturated rings. The molecule has 6 heteroatoms. The summed E-state index contributed by atoms with van der Waals surface area (Å²) in [7, 11) is 0. The van der Waals surface area contributed by atoms with E-state index in [1.807, 2.05) is 0 Å². The largest absolute Gasteiger partial charge is 0.462 e. The maximum atomic E-state index is 12.9. The molecule has 0 bridgehead atoms. The van der Waals surface area contributed by atoms with Gasteiger partial charge in [-0.3, -0.25) is 14.4 Å². The molecule has 0 aliphatic carbocycles. The van der Waals surface area contributed by atoms with Crippen LogP contribution < -0.4 is 0 Å². The third-order valence-corrected chi connectivity index (χ3v) is 13.6. The van der Waals surface area contributed by atoms with Crippen molar-refractivity contribution in [3.8, 4) is 0 Å². The van der Waals surface area contributed by atoms with E-state index >= 15 is 0 Å². The smallest absolute Gasteiger partial charge is 0.306 e. The van der Waals surface area contributed by atoms with E-state index < -0.39 is 6.10 Å². The van der Waals surface area contributed by atoms with Gasteiger partial charge in [0, 0.05) is 19.3 Å². The maximum absolute atomic E-state index is 12.9. The minimum absolute atomic E-state index is 0.0896. The second-order valence-corrected chi connectivity index (χ2v) is 20.9. The molecule has 6 nitrogen and oxygen atoms in total. The maximum Gasteiger partial charge on any atom is 0.306 e. The molecule has 0 rings (SSSR count). The Hall–Kier alpha value is -3.41. The Morgan fingerprint density at radius 2 is 0.527 bits per heavy atom. The lowest BCUT2D eigenvalue weighted by Crippen LogP contribution is -2.30.